The van der Waals surface area contributed by atoms with Crippen LogP contribution in [0.5, 0.6) is 5.75 Å². The lowest BCUT2D eigenvalue weighted by Gasteiger charge is -2.21. The first-order valence-corrected chi connectivity index (χ1v) is 9.09. The predicted octanol–water partition coefficient (Wildman–Crippen LogP) is 4.65. The minimum atomic E-state index is -0.279. The zero-order valence-electron chi connectivity index (χ0n) is 16.3. The zero-order chi connectivity index (χ0) is 19.2. The van der Waals surface area contributed by atoms with Crippen molar-refractivity contribution in [3.05, 3.63) is 64.2 Å². The minimum absolute atomic E-state index is 0. The maximum absolute atomic E-state index is 12.0. The number of benzene rings is 2. The van der Waals surface area contributed by atoms with Crippen LogP contribution in [0.3, 0.4) is 0 Å². The first kappa shape index (κ1) is 23.3. The van der Waals surface area contributed by atoms with E-state index < -0.39 is 0 Å². The summed E-state index contributed by atoms with van der Waals surface area (Å²) < 4.78 is 5.71. The third-order valence-corrected chi connectivity index (χ3v) is 3.90. The van der Waals surface area contributed by atoms with Crippen LogP contribution in [0.2, 0.25) is 5.02 Å². The average molecular weight is 411 g/mol. The van der Waals surface area contributed by atoms with Gasteiger partial charge in [0.25, 0.3) is 5.91 Å². The maximum atomic E-state index is 12.0. The molecule has 2 aromatic carbocycles. The standard InChI is InChI=1S/C21H27ClN2O2.ClH/c1-15-5-7-16(8-6-15)12-23-13-17-11-18(22)9-10-19(17)26-14-20(25)24-21(2,3)4;/h5-11,23H,12-14H2,1-4H3,(H,24,25);1H. The van der Waals surface area contributed by atoms with Gasteiger partial charge < -0.3 is 15.4 Å². The number of hydrogen-bond acceptors (Lipinski definition) is 3. The molecule has 0 aliphatic heterocycles. The molecule has 27 heavy (non-hydrogen) atoms. The second kappa shape index (κ2) is 10.5. The Morgan fingerprint density at radius 2 is 1.74 bits per heavy atom. The van der Waals surface area contributed by atoms with Crippen LogP contribution < -0.4 is 15.4 Å². The first-order valence-electron chi connectivity index (χ1n) is 8.71. The molecule has 0 bridgehead atoms. The van der Waals surface area contributed by atoms with Gasteiger partial charge in [0.1, 0.15) is 5.75 Å². The number of nitrogens with one attached hydrogen (secondary N) is 2. The largest absolute Gasteiger partial charge is 0.483 e. The SMILES string of the molecule is Cc1ccc(CNCc2cc(Cl)ccc2OCC(=O)NC(C)(C)C)cc1.Cl. The van der Waals surface area contributed by atoms with Crippen LogP contribution in [-0.4, -0.2) is 18.1 Å². The highest BCUT2D eigenvalue weighted by atomic mass is 35.5. The molecule has 4 nitrogen and oxygen atoms in total. The summed E-state index contributed by atoms with van der Waals surface area (Å²) >= 11 is 6.12. The molecule has 0 saturated carbocycles. The molecule has 0 saturated heterocycles. The van der Waals surface area contributed by atoms with E-state index in [1.165, 1.54) is 11.1 Å². The minimum Gasteiger partial charge on any atom is -0.483 e. The van der Waals surface area contributed by atoms with E-state index in [9.17, 15) is 4.79 Å². The van der Waals surface area contributed by atoms with Crippen molar-refractivity contribution in [1.82, 2.24) is 10.6 Å². The molecule has 1 amide bonds. The molecule has 2 N–H and O–H groups in total. The van der Waals surface area contributed by atoms with Crippen LogP contribution in [0.15, 0.2) is 42.5 Å². The molecule has 0 unspecified atom stereocenters. The quantitative estimate of drug-likeness (QED) is 0.697. The lowest BCUT2D eigenvalue weighted by molar-refractivity contribution is -0.124. The summed E-state index contributed by atoms with van der Waals surface area (Å²) in [6.45, 7) is 9.21. The van der Waals surface area contributed by atoms with E-state index >= 15 is 0 Å². The summed E-state index contributed by atoms with van der Waals surface area (Å²) in [6.07, 6.45) is 0. The molecule has 0 spiro atoms. The highest BCUT2D eigenvalue weighted by Gasteiger charge is 2.14. The number of rotatable bonds is 7. The monoisotopic (exact) mass is 410 g/mol. The Kier molecular flexibility index (Phi) is 9.10. The van der Waals surface area contributed by atoms with Crippen LogP contribution >= 0.6 is 24.0 Å². The normalized spacial score (nSPS) is 10.9. The number of ether oxygens (including phenoxy) is 1. The molecular formula is C21H28Cl2N2O2. The van der Waals surface area contributed by atoms with Gasteiger partial charge in [0, 0.05) is 29.2 Å². The van der Waals surface area contributed by atoms with Crippen molar-refractivity contribution in [3.8, 4) is 5.75 Å². The first-order chi connectivity index (χ1) is 12.2. The molecule has 0 aliphatic carbocycles. The number of aryl methyl sites for hydroxylation is 1. The fraction of sp³-hybridized carbons (Fsp3) is 0.381. The molecular weight excluding hydrogens is 383 g/mol. The van der Waals surface area contributed by atoms with E-state index in [4.69, 9.17) is 16.3 Å². The van der Waals surface area contributed by atoms with Crippen LogP contribution in [-0.2, 0) is 17.9 Å². The van der Waals surface area contributed by atoms with Gasteiger partial charge in [-0.05, 0) is 51.5 Å². The van der Waals surface area contributed by atoms with E-state index in [1.807, 2.05) is 26.8 Å². The van der Waals surface area contributed by atoms with Crippen molar-refractivity contribution in [2.75, 3.05) is 6.61 Å². The number of amides is 1. The predicted molar refractivity (Wildman–Crippen MR) is 114 cm³/mol. The van der Waals surface area contributed by atoms with Gasteiger partial charge in [-0.15, -0.1) is 12.4 Å². The smallest absolute Gasteiger partial charge is 0.258 e. The van der Waals surface area contributed by atoms with Crippen molar-refractivity contribution >= 4 is 29.9 Å². The molecule has 0 radical (unpaired) electrons. The molecule has 2 rings (SSSR count). The number of halogens is 2. The van der Waals surface area contributed by atoms with Gasteiger partial charge in [-0.1, -0.05) is 41.4 Å². The van der Waals surface area contributed by atoms with E-state index in [1.54, 1.807) is 12.1 Å². The lowest BCUT2D eigenvalue weighted by atomic mass is 10.1. The Bertz CT molecular complexity index is 741. The molecule has 148 valence electrons. The summed E-state index contributed by atoms with van der Waals surface area (Å²) in [5, 5.41) is 6.92. The van der Waals surface area contributed by atoms with Crippen LogP contribution in [0.4, 0.5) is 0 Å². The third kappa shape index (κ3) is 8.65. The highest BCUT2D eigenvalue weighted by molar-refractivity contribution is 6.30. The maximum Gasteiger partial charge on any atom is 0.258 e. The van der Waals surface area contributed by atoms with Crippen molar-refractivity contribution < 1.29 is 9.53 Å². The summed E-state index contributed by atoms with van der Waals surface area (Å²) in [7, 11) is 0. The Morgan fingerprint density at radius 3 is 2.37 bits per heavy atom. The summed E-state index contributed by atoms with van der Waals surface area (Å²) in [4.78, 5) is 12.0. The Balaban J connectivity index is 0.00000364. The molecule has 0 heterocycles. The highest BCUT2D eigenvalue weighted by Crippen LogP contribution is 2.23. The average Bonchev–Trinajstić information content (AvgIpc) is 2.54. The zero-order valence-corrected chi connectivity index (χ0v) is 17.8. The second-order valence-electron chi connectivity index (χ2n) is 7.43. The summed E-state index contributed by atoms with van der Waals surface area (Å²) in [5.41, 5.74) is 3.10. The fourth-order valence-corrected chi connectivity index (χ4v) is 2.67. The van der Waals surface area contributed by atoms with Crippen molar-refractivity contribution in [3.63, 3.8) is 0 Å². The van der Waals surface area contributed by atoms with E-state index in [2.05, 4.69) is 41.8 Å². The lowest BCUT2D eigenvalue weighted by Crippen LogP contribution is -2.43. The molecule has 6 heteroatoms. The molecule has 0 aliphatic rings. The molecule has 0 atom stereocenters. The van der Waals surface area contributed by atoms with Crippen LogP contribution in [0.25, 0.3) is 0 Å². The van der Waals surface area contributed by atoms with Gasteiger partial charge in [-0.25, -0.2) is 0 Å². The Morgan fingerprint density at radius 1 is 1.07 bits per heavy atom. The van der Waals surface area contributed by atoms with Crippen molar-refractivity contribution in [2.45, 2.75) is 46.3 Å². The number of carbonyl (C=O) groups is 1. The summed E-state index contributed by atoms with van der Waals surface area (Å²) in [6, 6.07) is 13.8. The number of carbonyl (C=O) groups excluding carboxylic acids is 1. The molecule has 2 aromatic rings. The van der Waals surface area contributed by atoms with E-state index in [0.717, 1.165) is 12.1 Å². The van der Waals surface area contributed by atoms with Gasteiger partial charge in [0.15, 0.2) is 6.61 Å². The van der Waals surface area contributed by atoms with Crippen molar-refractivity contribution in [1.29, 1.82) is 0 Å². The Labute approximate surface area is 173 Å². The van der Waals surface area contributed by atoms with Gasteiger partial charge in [-0.2, -0.15) is 0 Å². The molecule has 0 aromatic heterocycles. The van der Waals surface area contributed by atoms with Gasteiger partial charge >= 0.3 is 0 Å². The summed E-state index contributed by atoms with van der Waals surface area (Å²) in [5.74, 6) is 0.515. The fourth-order valence-electron chi connectivity index (χ4n) is 2.47. The van der Waals surface area contributed by atoms with Gasteiger partial charge in [0.05, 0.1) is 0 Å². The number of hydrogen-bond donors (Lipinski definition) is 2. The van der Waals surface area contributed by atoms with E-state index in [-0.39, 0.29) is 30.5 Å². The van der Waals surface area contributed by atoms with Crippen molar-refractivity contribution in [2.24, 2.45) is 0 Å². The van der Waals surface area contributed by atoms with Crippen LogP contribution in [0, 0.1) is 6.92 Å². The van der Waals surface area contributed by atoms with Crippen LogP contribution in [0.1, 0.15) is 37.5 Å². The third-order valence-electron chi connectivity index (χ3n) is 3.66. The second-order valence-corrected chi connectivity index (χ2v) is 7.86. The van der Waals surface area contributed by atoms with E-state index in [0.29, 0.717) is 17.3 Å². The molecule has 0 fully saturated rings. The topological polar surface area (TPSA) is 50.4 Å². The van der Waals surface area contributed by atoms with Gasteiger partial charge in [0.2, 0.25) is 0 Å². The van der Waals surface area contributed by atoms with Gasteiger partial charge in [-0.3, -0.25) is 4.79 Å². The Hall–Kier alpha value is -1.75.